The topological polar surface area (TPSA) is 38.2 Å². The van der Waals surface area contributed by atoms with E-state index in [-0.39, 0.29) is 0 Å². The summed E-state index contributed by atoms with van der Waals surface area (Å²) in [5.41, 5.74) is 1.02. The van der Waals surface area contributed by atoms with Crippen LogP contribution in [0.1, 0.15) is 5.82 Å². The van der Waals surface area contributed by atoms with E-state index in [1.165, 1.54) is 0 Å². The lowest BCUT2D eigenvalue weighted by Crippen LogP contribution is -2.22. The first-order chi connectivity index (χ1) is 7.72. The van der Waals surface area contributed by atoms with Gasteiger partial charge in [-0.25, -0.2) is 9.97 Å². The van der Waals surface area contributed by atoms with Gasteiger partial charge < -0.3 is 7.97 Å². The molecular formula is C10H12IN3OS. The number of aromatic nitrogens is 2. The number of hydrogen-bond acceptors (Lipinski definition) is 5. The minimum absolute atomic E-state index is 0.687. The van der Waals surface area contributed by atoms with Crippen LogP contribution in [-0.4, -0.2) is 30.2 Å². The molecule has 0 aliphatic rings. The molecule has 0 spiro atoms. The first-order valence-corrected chi connectivity index (χ1v) is 6.65. The summed E-state index contributed by atoms with van der Waals surface area (Å²) < 4.78 is 6.19. The zero-order chi connectivity index (χ0) is 11.5. The van der Waals surface area contributed by atoms with E-state index >= 15 is 0 Å². The minimum atomic E-state index is 0.687. The highest BCUT2D eigenvalue weighted by Crippen LogP contribution is 2.27. The van der Waals surface area contributed by atoms with Gasteiger partial charge in [-0.1, -0.05) is 0 Å². The predicted octanol–water partition coefficient (Wildman–Crippen LogP) is 2.80. The molecule has 0 N–H and O–H groups in total. The normalized spacial score (nSPS) is 10.9. The number of rotatable bonds is 4. The van der Waals surface area contributed by atoms with Gasteiger partial charge in [-0.2, -0.15) is 0 Å². The van der Waals surface area contributed by atoms with Crippen molar-refractivity contribution >= 4 is 50.4 Å². The maximum absolute atomic E-state index is 5.05. The van der Waals surface area contributed by atoms with Crippen LogP contribution < -0.4 is 4.90 Å². The molecule has 2 aromatic heterocycles. The SMILES string of the molecule is Cc1nc(N(C)CCOI)c2sccc2n1. The van der Waals surface area contributed by atoms with Gasteiger partial charge in [0, 0.05) is 13.6 Å². The van der Waals surface area contributed by atoms with Crippen molar-refractivity contribution in [2.75, 3.05) is 25.1 Å². The summed E-state index contributed by atoms with van der Waals surface area (Å²) in [5, 5.41) is 2.05. The van der Waals surface area contributed by atoms with Crippen molar-refractivity contribution in [3.05, 3.63) is 17.3 Å². The highest BCUT2D eigenvalue weighted by Gasteiger charge is 2.10. The molecule has 0 aliphatic heterocycles. The van der Waals surface area contributed by atoms with E-state index in [0.717, 1.165) is 28.4 Å². The third-order valence-corrected chi connectivity index (χ3v) is 3.60. The smallest absolute Gasteiger partial charge is 0.150 e. The largest absolute Gasteiger partial charge is 0.356 e. The number of nitrogens with zero attached hydrogens (tertiary/aromatic N) is 3. The van der Waals surface area contributed by atoms with Crippen LogP contribution in [-0.2, 0) is 3.07 Å². The van der Waals surface area contributed by atoms with E-state index in [9.17, 15) is 0 Å². The van der Waals surface area contributed by atoms with Gasteiger partial charge in [0.1, 0.15) is 34.6 Å². The van der Waals surface area contributed by atoms with E-state index in [1.807, 2.05) is 48.4 Å². The van der Waals surface area contributed by atoms with E-state index in [1.54, 1.807) is 11.3 Å². The number of halogens is 1. The van der Waals surface area contributed by atoms with Crippen molar-refractivity contribution in [1.82, 2.24) is 9.97 Å². The summed E-state index contributed by atoms with van der Waals surface area (Å²) in [7, 11) is 2.02. The highest BCUT2D eigenvalue weighted by molar-refractivity contribution is 14.1. The molecule has 0 atom stereocenters. The molecule has 0 unspecified atom stereocenters. The molecular weight excluding hydrogens is 337 g/mol. The monoisotopic (exact) mass is 349 g/mol. The Morgan fingerprint density at radius 3 is 3.06 bits per heavy atom. The Morgan fingerprint density at radius 1 is 1.50 bits per heavy atom. The van der Waals surface area contributed by atoms with Gasteiger partial charge in [0.15, 0.2) is 0 Å². The molecule has 4 nitrogen and oxygen atoms in total. The van der Waals surface area contributed by atoms with Gasteiger partial charge >= 0.3 is 0 Å². The quantitative estimate of drug-likeness (QED) is 0.796. The van der Waals surface area contributed by atoms with Gasteiger partial charge in [-0.3, -0.25) is 0 Å². The zero-order valence-electron chi connectivity index (χ0n) is 9.11. The highest BCUT2D eigenvalue weighted by atomic mass is 127. The average Bonchev–Trinajstić information content (AvgIpc) is 2.72. The van der Waals surface area contributed by atoms with E-state index in [0.29, 0.717) is 6.61 Å². The van der Waals surface area contributed by atoms with Crippen LogP contribution in [0.3, 0.4) is 0 Å². The van der Waals surface area contributed by atoms with Gasteiger partial charge in [0.2, 0.25) is 0 Å². The fourth-order valence-electron chi connectivity index (χ4n) is 1.50. The van der Waals surface area contributed by atoms with Crippen LogP contribution in [0.25, 0.3) is 10.2 Å². The average molecular weight is 349 g/mol. The van der Waals surface area contributed by atoms with Gasteiger partial charge in [-0.05, 0) is 18.4 Å². The van der Waals surface area contributed by atoms with E-state index < -0.39 is 0 Å². The molecule has 0 saturated carbocycles. The molecule has 86 valence electrons. The Kier molecular flexibility index (Phi) is 3.93. The van der Waals surface area contributed by atoms with Crippen LogP contribution in [0.15, 0.2) is 11.4 Å². The molecule has 0 fully saturated rings. The fourth-order valence-corrected chi connectivity index (χ4v) is 2.57. The summed E-state index contributed by atoms with van der Waals surface area (Å²) in [6, 6.07) is 2.03. The molecule has 6 heteroatoms. The van der Waals surface area contributed by atoms with Crippen LogP contribution in [0.5, 0.6) is 0 Å². The number of aryl methyl sites for hydroxylation is 1. The molecule has 2 rings (SSSR count). The fraction of sp³-hybridized carbons (Fsp3) is 0.400. The van der Waals surface area contributed by atoms with Crippen molar-refractivity contribution in [3.8, 4) is 0 Å². The molecule has 0 aromatic carbocycles. The molecule has 16 heavy (non-hydrogen) atoms. The molecule has 0 bridgehead atoms. The zero-order valence-corrected chi connectivity index (χ0v) is 12.1. The first kappa shape index (κ1) is 12.0. The number of thiophene rings is 1. The van der Waals surface area contributed by atoms with E-state index in [4.69, 9.17) is 3.07 Å². The Hall–Kier alpha value is -0.470. The third-order valence-electron chi connectivity index (χ3n) is 2.26. The van der Waals surface area contributed by atoms with Crippen LogP contribution >= 0.6 is 34.3 Å². The van der Waals surface area contributed by atoms with Gasteiger partial charge in [0.25, 0.3) is 0 Å². The minimum Gasteiger partial charge on any atom is -0.356 e. The standard InChI is InChI=1S/C10H12IN3OS/c1-7-12-8-3-6-16-9(8)10(13-7)14(2)4-5-15-11/h3,6H,4-5H2,1-2H3. The second-order valence-corrected chi connectivity index (χ2v) is 5.00. The molecule has 0 saturated heterocycles. The second kappa shape index (κ2) is 5.24. The van der Waals surface area contributed by atoms with Crippen molar-refractivity contribution in [2.45, 2.75) is 6.92 Å². The van der Waals surface area contributed by atoms with Crippen LogP contribution in [0.4, 0.5) is 5.82 Å². The molecule has 0 amide bonds. The predicted molar refractivity (Wildman–Crippen MR) is 75.4 cm³/mol. The Balaban J connectivity index is 2.38. The maximum atomic E-state index is 5.05. The molecule has 0 aliphatic carbocycles. The summed E-state index contributed by atoms with van der Waals surface area (Å²) in [5.74, 6) is 1.80. The van der Waals surface area contributed by atoms with E-state index in [2.05, 4.69) is 14.9 Å². The van der Waals surface area contributed by atoms with Crippen molar-refractivity contribution in [3.63, 3.8) is 0 Å². The number of hydrogen-bond donors (Lipinski definition) is 0. The summed E-state index contributed by atoms with van der Waals surface area (Å²) in [6.45, 7) is 3.43. The Morgan fingerprint density at radius 2 is 2.31 bits per heavy atom. The summed E-state index contributed by atoms with van der Waals surface area (Å²) >= 11 is 3.58. The summed E-state index contributed by atoms with van der Waals surface area (Å²) in [4.78, 5) is 11.0. The summed E-state index contributed by atoms with van der Waals surface area (Å²) in [6.07, 6.45) is 0. The molecule has 2 heterocycles. The Bertz CT molecular complexity index is 488. The first-order valence-electron chi connectivity index (χ1n) is 4.89. The number of likely N-dealkylation sites (N-methyl/N-ethyl adjacent to an activating group) is 1. The van der Waals surface area contributed by atoms with Crippen molar-refractivity contribution in [1.29, 1.82) is 0 Å². The van der Waals surface area contributed by atoms with Crippen LogP contribution in [0.2, 0.25) is 0 Å². The maximum Gasteiger partial charge on any atom is 0.150 e. The molecule has 0 radical (unpaired) electrons. The lowest BCUT2D eigenvalue weighted by atomic mass is 10.4. The molecule has 2 aromatic rings. The third kappa shape index (κ3) is 2.44. The van der Waals surface area contributed by atoms with Crippen LogP contribution in [0, 0.1) is 6.92 Å². The second-order valence-electron chi connectivity index (χ2n) is 3.46. The van der Waals surface area contributed by atoms with Gasteiger partial charge in [0.05, 0.1) is 16.8 Å². The lowest BCUT2D eigenvalue weighted by Gasteiger charge is -2.18. The lowest BCUT2D eigenvalue weighted by molar-refractivity contribution is 0.434. The Labute approximate surface area is 112 Å². The van der Waals surface area contributed by atoms with Gasteiger partial charge in [-0.15, -0.1) is 11.3 Å². The number of anilines is 1. The number of fused-ring (bicyclic) bond motifs is 1. The van der Waals surface area contributed by atoms with Crippen molar-refractivity contribution in [2.24, 2.45) is 0 Å². The van der Waals surface area contributed by atoms with Crippen molar-refractivity contribution < 1.29 is 3.07 Å².